The maximum absolute atomic E-state index is 11.0. The molecule has 0 aliphatic carbocycles. The molecule has 1 aromatic carbocycles. The van der Waals surface area contributed by atoms with Crippen LogP contribution in [0, 0.1) is 0 Å². The molecule has 0 aromatic heterocycles. The second kappa shape index (κ2) is 5.41. The van der Waals surface area contributed by atoms with Gasteiger partial charge in [-0.25, -0.2) is 0 Å². The van der Waals surface area contributed by atoms with Crippen molar-refractivity contribution in [3.8, 4) is 11.5 Å². The fraction of sp³-hybridized carbons (Fsp3) is 0.400. The number of hydrogen-bond donors (Lipinski definition) is 0. The summed E-state index contributed by atoms with van der Waals surface area (Å²) in [4.78, 5) is 0. The molecule has 0 radical (unpaired) electrons. The average Bonchev–Trinajstić information content (AvgIpc) is 2.20. The van der Waals surface area contributed by atoms with E-state index >= 15 is 0 Å². The first-order valence-corrected chi connectivity index (χ1v) is 6.79. The molecule has 16 heavy (non-hydrogen) atoms. The Labute approximate surface area is 100 Å². The SMILES string of the molecule is CC(C)Oc1ccc(OS(=O)(=O)CCl)cc1. The van der Waals surface area contributed by atoms with Crippen LogP contribution in [0.1, 0.15) is 13.8 Å². The molecular formula is C10H13ClO4S. The molecule has 0 saturated heterocycles. The molecule has 0 amide bonds. The number of ether oxygens (including phenoxy) is 1. The summed E-state index contributed by atoms with van der Waals surface area (Å²) in [6, 6.07) is 6.31. The third-order valence-corrected chi connectivity index (χ3v) is 3.07. The minimum atomic E-state index is -3.68. The summed E-state index contributed by atoms with van der Waals surface area (Å²) in [5.41, 5.74) is 0. The van der Waals surface area contributed by atoms with Crippen LogP contribution in [0.2, 0.25) is 0 Å². The molecule has 0 aliphatic rings. The molecule has 1 rings (SSSR count). The number of benzene rings is 1. The van der Waals surface area contributed by atoms with Crippen LogP contribution in [-0.4, -0.2) is 19.7 Å². The summed E-state index contributed by atoms with van der Waals surface area (Å²) < 4.78 is 32.2. The smallest absolute Gasteiger partial charge is 0.323 e. The third kappa shape index (κ3) is 4.28. The Balaban J connectivity index is 2.72. The van der Waals surface area contributed by atoms with Gasteiger partial charge in [0.25, 0.3) is 0 Å². The summed E-state index contributed by atoms with van der Waals surface area (Å²) in [5.74, 6) is 0.877. The van der Waals surface area contributed by atoms with E-state index in [9.17, 15) is 8.42 Å². The van der Waals surface area contributed by atoms with Gasteiger partial charge in [0, 0.05) is 0 Å². The van der Waals surface area contributed by atoms with Gasteiger partial charge in [0.1, 0.15) is 11.5 Å². The highest BCUT2D eigenvalue weighted by Crippen LogP contribution is 2.20. The van der Waals surface area contributed by atoms with E-state index in [0.29, 0.717) is 5.75 Å². The molecule has 0 aliphatic heterocycles. The van der Waals surface area contributed by atoms with Crippen molar-refractivity contribution in [2.75, 3.05) is 5.21 Å². The fourth-order valence-corrected chi connectivity index (χ4v) is 1.60. The van der Waals surface area contributed by atoms with Gasteiger partial charge in [-0.3, -0.25) is 0 Å². The second-order valence-corrected chi connectivity index (χ2v) is 5.54. The van der Waals surface area contributed by atoms with Crippen molar-refractivity contribution in [2.24, 2.45) is 0 Å². The maximum Gasteiger partial charge on any atom is 0.323 e. The highest BCUT2D eigenvalue weighted by Gasteiger charge is 2.10. The van der Waals surface area contributed by atoms with E-state index in [1.807, 2.05) is 13.8 Å². The molecule has 4 nitrogen and oxygen atoms in total. The average molecular weight is 265 g/mol. The summed E-state index contributed by atoms with van der Waals surface area (Å²) >= 11 is 5.21. The van der Waals surface area contributed by atoms with E-state index < -0.39 is 15.3 Å². The molecular weight excluding hydrogens is 252 g/mol. The van der Waals surface area contributed by atoms with Gasteiger partial charge in [-0.05, 0) is 38.1 Å². The largest absolute Gasteiger partial charge is 0.491 e. The number of hydrogen-bond acceptors (Lipinski definition) is 4. The van der Waals surface area contributed by atoms with Crippen LogP contribution in [0.25, 0.3) is 0 Å². The van der Waals surface area contributed by atoms with Gasteiger partial charge in [0.05, 0.1) is 6.10 Å². The lowest BCUT2D eigenvalue weighted by atomic mass is 10.3. The Morgan fingerprint density at radius 3 is 2.12 bits per heavy atom. The first-order chi connectivity index (χ1) is 7.43. The molecule has 0 bridgehead atoms. The van der Waals surface area contributed by atoms with E-state index in [1.165, 1.54) is 12.1 Å². The van der Waals surface area contributed by atoms with Gasteiger partial charge in [-0.15, -0.1) is 11.6 Å². The molecule has 90 valence electrons. The zero-order chi connectivity index (χ0) is 12.2. The lowest BCUT2D eigenvalue weighted by Gasteiger charge is -2.10. The molecule has 0 atom stereocenters. The molecule has 1 aromatic rings. The van der Waals surface area contributed by atoms with Gasteiger partial charge >= 0.3 is 10.1 Å². The molecule has 0 heterocycles. The van der Waals surface area contributed by atoms with E-state index in [-0.39, 0.29) is 11.9 Å². The monoisotopic (exact) mass is 264 g/mol. The number of halogens is 1. The van der Waals surface area contributed by atoms with Crippen molar-refractivity contribution in [3.05, 3.63) is 24.3 Å². The van der Waals surface area contributed by atoms with E-state index in [0.717, 1.165) is 0 Å². The van der Waals surface area contributed by atoms with Crippen LogP contribution in [0.3, 0.4) is 0 Å². The summed E-state index contributed by atoms with van der Waals surface area (Å²) in [6.07, 6.45) is 0.0679. The summed E-state index contributed by atoms with van der Waals surface area (Å²) in [7, 11) is -3.68. The summed E-state index contributed by atoms with van der Waals surface area (Å²) in [6.45, 7) is 3.81. The lowest BCUT2D eigenvalue weighted by Crippen LogP contribution is -2.10. The molecule has 0 unspecified atom stereocenters. The number of rotatable bonds is 5. The van der Waals surface area contributed by atoms with Crippen molar-refractivity contribution in [2.45, 2.75) is 20.0 Å². The highest BCUT2D eigenvalue weighted by atomic mass is 35.5. The van der Waals surface area contributed by atoms with Crippen LogP contribution in [0.4, 0.5) is 0 Å². The Kier molecular flexibility index (Phi) is 4.44. The van der Waals surface area contributed by atoms with E-state index in [4.69, 9.17) is 20.5 Å². The van der Waals surface area contributed by atoms with Crippen molar-refractivity contribution in [1.29, 1.82) is 0 Å². The zero-order valence-electron chi connectivity index (χ0n) is 9.01. The van der Waals surface area contributed by atoms with Crippen LogP contribution in [-0.2, 0) is 10.1 Å². The number of alkyl halides is 1. The third-order valence-electron chi connectivity index (χ3n) is 1.55. The van der Waals surface area contributed by atoms with Crippen molar-refractivity contribution >= 4 is 21.7 Å². The topological polar surface area (TPSA) is 52.6 Å². The predicted octanol–water partition coefficient (Wildman–Crippen LogP) is 2.38. The zero-order valence-corrected chi connectivity index (χ0v) is 10.6. The van der Waals surface area contributed by atoms with Crippen LogP contribution >= 0.6 is 11.6 Å². The predicted molar refractivity (Wildman–Crippen MR) is 62.5 cm³/mol. The van der Waals surface area contributed by atoms with Crippen molar-refractivity contribution in [1.82, 2.24) is 0 Å². The van der Waals surface area contributed by atoms with Crippen molar-refractivity contribution in [3.63, 3.8) is 0 Å². The molecule has 0 fully saturated rings. The van der Waals surface area contributed by atoms with Gasteiger partial charge in [-0.1, -0.05) is 0 Å². The normalized spacial score (nSPS) is 11.5. The van der Waals surface area contributed by atoms with Crippen LogP contribution in [0.15, 0.2) is 24.3 Å². The van der Waals surface area contributed by atoms with E-state index in [2.05, 4.69) is 0 Å². The molecule has 0 saturated carbocycles. The standard InChI is InChI=1S/C10H13ClO4S/c1-8(2)14-9-3-5-10(6-4-9)15-16(12,13)7-11/h3-6,8H,7H2,1-2H3. The highest BCUT2D eigenvalue weighted by molar-refractivity contribution is 7.88. The van der Waals surface area contributed by atoms with Gasteiger partial charge in [0.2, 0.25) is 0 Å². The van der Waals surface area contributed by atoms with Crippen molar-refractivity contribution < 1.29 is 17.3 Å². The summed E-state index contributed by atoms with van der Waals surface area (Å²) in [5, 5.41) is -0.572. The molecule has 6 heteroatoms. The van der Waals surface area contributed by atoms with Gasteiger partial charge in [0.15, 0.2) is 5.21 Å². The quantitative estimate of drug-likeness (QED) is 0.605. The van der Waals surface area contributed by atoms with Crippen LogP contribution < -0.4 is 8.92 Å². The minimum absolute atomic E-state index is 0.0679. The Hall–Kier alpha value is -0.940. The van der Waals surface area contributed by atoms with Gasteiger partial charge < -0.3 is 8.92 Å². The molecule has 0 N–H and O–H groups in total. The minimum Gasteiger partial charge on any atom is -0.491 e. The van der Waals surface area contributed by atoms with E-state index in [1.54, 1.807) is 12.1 Å². The van der Waals surface area contributed by atoms with Crippen LogP contribution in [0.5, 0.6) is 11.5 Å². The Bertz CT molecular complexity index is 425. The maximum atomic E-state index is 11.0. The Morgan fingerprint density at radius 1 is 1.19 bits per heavy atom. The Morgan fingerprint density at radius 2 is 1.69 bits per heavy atom. The molecule has 0 spiro atoms. The lowest BCUT2D eigenvalue weighted by molar-refractivity contribution is 0.242. The first kappa shape index (κ1) is 13.1. The fourth-order valence-electron chi connectivity index (χ4n) is 1.01. The van der Waals surface area contributed by atoms with Gasteiger partial charge in [-0.2, -0.15) is 8.42 Å². The second-order valence-electron chi connectivity index (χ2n) is 3.39. The first-order valence-electron chi connectivity index (χ1n) is 4.68.